The highest BCUT2D eigenvalue weighted by Gasteiger charge is 2.29. The fourth-order valence-corrected chi connectivity index (χ4v) is 2.78. The lowest BCUT2D eigenvalue weighted by Gasteiger charge is -2.07. The molecule has 0 aliphatic heterocycles. The second kappa shape index (κ2) is 8.44. The highest BCUT2D eigenvalue weighted by atomic mass is 32.2. The number of benzene rings is 1. The summed E-state index contributed by atoms with van der Waals surface area (Å²) in [5.74, 6) is 1.47. The average Bonchev–Trinajstić information content (AvgIpc) is 3.37. The Morgan fingerprint density at radius 3 is 2.77 bits per heavy atom. The SMILES string of the molecule is N#Cc1ccccc1CSCCNC(=O)CNC(=O)C1CC1. The number of amides is 2. The van der Waals surface area contributed by atoms with Gasteiger partial charge in [-0.1, -0.05) is 18.2 Å². The summed E-state index contributed by atoms with van der Waals surface area (Å²) in [6.07, 6.45) is 1.88. The fraction of sp³-hybridized carbons (Fsp3) is 0.438. The summed E-state index contributed by atoms with van der Waals surface area (Å²) < 4.78 is 0. The van der Waals surface area contributed by atoms with E-state index in [1.165, 1.54) is 0 Å². The molecule has 0 heterocycles. The second-order valence-electron chi connectivity index (χ2n) is 5.16. The first-order valence-electron chi connectivity index (χ1n) is 7.31. The molecule has 2 N–H and O–H groups in total. The van der Waals surface area contributed by atoms with Gasteiger partial charge in [0.25, 0.3) is 0 Å². The third-order valence-electron chi connectivity index (χ3n) is 3.34. The van der Waals surface area contributed by atoms with E-state index in [2.05, 4.69) is 16.7 Å². The number of carbonyl (C=O) groups excluding carboxylic acids is 2. The maximum absolute atomic E-state index is 11.5. The predicted molar refractivity (Wildman–Crippen MR) is 86.1 cm³/mol. The van der Waals surface area contributed by atoms with Crippen molar-refractivity contribution in [3.05, 3.63) is 35.4 Å². The Morgan fingerprint density at radius 2 is 2.05 bits per heavy atom. The largest absolute Gasteiger partial charge is 0.354 e. The molecule has 0 bridgehead atoms. The first kappa shape index (κ1) is 16.4. The van der Waals surface area contributed by atoms with Crippen molar-refractivity contribution in [3.8, 4) is 6.07 Å². The first-order valence-corrected chi connectivity index (χ1v) is 8.46. The molecular weight excluding hydrogens is 298 g/mol. The normalized spacial score (nSPS) is 13.2. The van der Waals surface area contributed by atoms with E-state index in [9.17, 15) is 9.59 Å². The van der Waals surface area contributed by atoms with E-state index in [1.54, 1.807) is 17.8 Å². The Kier molecular flexibility index (Phi) is 6.28. The Balaban J connectivity index is 1.56. The van der Waals surface area contributed by atoms with Crippen LogP contribution in [0.4, 0.5) is 0 Å². The zero-order valence-corrected chi connectivity index (χ0v) is 13.1. The maximum Gasteiger partial charge on any atom is 0.239 e. The molecule has 2 amide bonds. The molecule has 2 rings (SSSR count). The van der Waals surface area contributed by atoms with Gasteiger partial charge in [-0.2, -0.15) is 17.0 Å². The van der Waals surface area contributed by atoms with Crippen molar-refractivity contribution in [1.29, 1.82) is 5.26 Å². The second-order valence-corrected chi connectivity index (χ2v) is 6.27. The third kappa shape index (κ3) is 5.41. The Labute approximate surface area is 134 Å². The van der Waals surface area contributed by atoms with Gasteiger partial charge in [-0.15, -0.1) is 0 Å². The molecule has 0 radical (unpaired) electrons. The topological polar surface area (TPSA) is 82.0 Å². The minimum Gasteiger partial charge on any atom is -0.354 e. The van der Waals surface area contributed by atoms with Crippen LogP contribution >= 0.6 is 11.8 Å². The summed E-state index contributed by atoms with van der Waals surface area (Å²) in [7, 11) is 0. The van der Waals surface area contributed by atoms with Gasteiger partial charge in [0.1, 0.15) is 0 Å². The standard InChI is InChI=1S/C16H19N3O2S/c17-9-13-3-1-2-4-14(13)11-22-8-7-18-15(20)10-19-16(21)12-5-6-12/h1-4,12H,5-8,10-11H2,(H,18,20)(H,19,21). The summed E-state index contributed by atoms with van der Waals surface area (Å²) in [6.45, 7) is 0.606. The van der Waals surface area contributed by atoms with E-state index < -0.39 is 0 Å². The number of hydrogen-bond acceptors (Lipinski definition) is 4. The number of thioether (sulfide) groups is 1. The van der Waals surface area contributed by atoms with Crippen LogP contribution in [0.1, 0.15) is 24.0 Å². The van der Waals surface area contributed by atoms with Gasteiger partial charge in [-0.25, -0.2) is 0 Å². The van der Waals surface area contributed by atoms with Gasteiger partial charge in [0.2, 0.25) is 11.8 Å². The van der Waals surface area contributed by atoms with Crippen LogP contribution in [-0.2, 0) is 15.3 Å². The van der Waals surface area contributed by atoms with Crippen molar-refractivity contribution < 1.29 is 9.59 Å². The van der Waals surface area contributed by atoms with Gasteiger partial charge < -0.3 is 10.6 Å². The zero-order valence-electron chi connectivity index (χ0n) is 12.3. The van der Waals surface area contributed by atoms with Crippen molar-refractivity contribution in [3.63, 3.8) is 0 Å². The smallest absolute Gasteiger partial charge is 0.239 e. The van der Waals surface area contributed by atoms with Gasteiger partial charge >= 0.3 is 0 Å². The number of carbonyl (C=O) groups is 2. The first-order chi connectivity index (χ1) is 10.7. The number of hydrogen-bond donors (Lipinski definition) is 2. The molecular formula is C16H19N3O2S. The molecule has 0 atom stereocenters. The third-order valence-corrected chi connectivity index (χ3v) is 4.34. The number of nitrogens with zero attached hydrogens (tertiary/aromatic N) is 1. The molecule has 0 spiro atoms. The molecule has 1 aromatic rings. The van der Waals surface area contributed by atoms with Crippen LogP contribution in [0.15, 0.2) is 24.3 Å². The van der Waals surface area contributed by atoms with Crippen molar-refractivity contribution in [2.45, 2.75) is 18.6 Å². The minimum absolute atomic E-state index is 0.0161. The molecule has 1 saturated carbocycles. The molecule has 1 aromatic carbocycles. The highest BCUT2D eigenvalue weighted by Crippen LogP contribution is 2.28. The maximum atomic E-state index is 11.5. The monoisotopic (exact) mass is 317 g/mol. The van der Waals surface area contributed by atoms with E-state index >= 15 is 0 Å². The Bertz CT molecular complexity index is 579. The van der Waals surface area contributed by atoms with Crippen LogP contribution in [0.2, 0.25) is 0 Å². The molecule has 1 fully saturated rings. The van der Waals surface area contributed by atoms with E-state index in [1.807, 2.05) is 18.2 Å². The Morgan fingerprint density at radius 1 is 1.27 bits per heavy atom. The van der Waals surface area contributed by atoms with Crippen LogP contribution in [0.3, 0.4) is 0 Å². The van der Waals surface area contributed by atoms with Crippen molar-refractivity contribution in [1.82, 2.24) is 10.6 Å². The van der Waals surface area contributed by atoms with Gasteiger partial charge in [0.15, 0.2) is 0 Å². The van der Waals surface area contributed by atoms with Crippen LogP contribution < -0.4 is 10.6 Å². The molecule has 6 heteroatoms. The van der Waals surface area contributed by atoms with Gasteiger partial charge in [-0.3, -0.25) is 9.59 Å². The molecule has 1 aliphatic carbocycles. The zero-order chi connectivity index (χ0) is 15.8. The lowest BCUT2D eigenvalue weighted by molar-refractivity contribution is -0.126. The van der Waals surface area contributed by atoms with Gasteiger partial charge in [-0.05, 0) is 24.5 Å². The fourth-order valence-electron chi connectivity index (χ4n) is 1.92. The molecule has 5 nitrogen and oxygen atoms in total. The average molecular weight is 317 g/mol. The van der Waals surface area contributed by atoms with Crippen LogP contribution in [-0.4, -0.2) is 30.7 Å². The van der Waals surface area contributed by atoms with Crippen molar-refractivity contribution in [2.24, 2.45) is 5.92 Å². The summed E-state index contributed by atoms with van der Waals surface area (Å²) in [4.78, 5) is 22.9. The van der Waals surface area contributed by atoms with Crippen molar-refractivity contribution >= 4 is 23.6 Å². The van der Waals surface area contributed by atoms with Crippen LogP contribution in [0.25, 0.3) is 0 Å². The quantitative estimate of drug-likeness (QED) is 0.711. The van der Waals surface area contributed by atoms with E-state index in [0.717, 1.165) is 29.9 Å². The van der Waals surface area contributed by atoms with E-state index in [4.69, 9.17) is 5.26 Å². The molecule has 0 unspecified atom stereocenters. The molecule has 1 aliphatic rings. The Hall–Kier alpha value is -2.00. The lowest BCUT2D eigenvalue weighted by atomic mass is 10.1. The molecule has 116 valence electrons. The number of nitrogens with one attached hydrogen (secondary N) is 2. The minimum atomic E-state index is -0.160. The van der Waals surface area contributed by atoms with Gasteiger partial charge in [0, 0.05) is 24.0 Å². The van der Waals surface area contributed by atoms with E-state index in [0.29, 0.717) is 12.1 Å². The number of nitriles is 1. The van der Waals surface area contributed by atoms with Gasteiger partial charge in [0.05, 0.1) is 18.2 Å². The summed E-state index contributed by atoms with van der Waals surface area (Å²) in [5.41, 5.74) is 1.71. The number of rotatable bonds is 8. The summed E-state index contributed by atoms with van der Waals surface area (Å²) in [6, 6.07) is 9.69. The molecule has 0 aromatic heterocycles. The van der Waals surface area contributed by atoms with Crippen molar-refractivity contribution in [2.75, 3.05) is 18.8 Å². The molecule has 0 saturated heterocycles. The van der Waals surface area contributed by atoms with Crippen LogP contribution in [0, 0.1) is 17.2 Å². The summed E-state index contributed by atoms with van der Waals surface area (Å²) in [5, 5.41) is 14.4. The molecule has 22 heavy (non-hydrogen) atoms. The van der Waals surface area contributed by atoms with Crippen LogP contribution in [0.5, 0.6) is 0 Å². The lowest BCUT2D eigenvalue weighted by Crippen LogP contribution is -2.38. The van der Waals surface area contributed by atoms with E-state index in [-0.39, 0.29) is 24.3 Å². The predicted octanol–water partition coefficient (Wildman–Crippen LogP) is 1.43. The summed E-state index contributed by atoms with van der Waals surface area (Å²) >= 11 is 1.66. The highest BCUT2D eigenvalue weighted by molar-refractivity contribution is 7.98.